The van der Waals surface area contributed by atoms with E-state index in [0.717, 1.165) is 13.0 Å². The molecule has 0 aliphatic heterocycles. The summed E-state index contributed by atoms with van der Waals surface area (Å²) in [6.45, 7) is 0.861. The molecule has 9 aromatic carbocycles. The van der Waals surface area contributed by atoms with Crippen LogP contribution in [0.4, 0.5) is 0 Å². The van der Waals surface area contributed by atoms with E-state index in [-0.39, 0.29) is 0 Å². The van der Waals surface area contributed by atoms with E-state index in [0.29, 0.717) is 0 Å². The summed E-state index contributed by atoms with van der Waals surface area (Å²) in [5, 5.41) is 16.0. The van der Waals surface area contributed by atoms with E-state index in [2.05, 4.69) is 179 Å². The maximum atomic E-state index is 2.65. The van der Waals surface area contributed by atoms with Crippen LogP contribution in [0.2, 0.25) is 0 Å². The highest BCUT2D eigenvalue weighted by Crippen LogP contribution is 2.51. The molecule has 3 aromatic heterocycles. The summed E-state index contributed by atoms with van der Waals surface area (Å²) >= 11 is 1.95. The minimum Gasteiger partial charge on any atom is -0.339 e. The molecule has 0 spiro atoms. The van der Waals surface area contributed by atoms with Gasteiger partial charge < -0.3 is 9.13 Å². The predicted octanol–water partition coefficient (Wildman–Crippen LogP) is 14.0. The van der Waals surface area contributed by atoms with Crippen LogP contribution in [0.5, 0.6) is 0 Å². The number of fused-ring (bicyclic) bond motifs is 18. The average Bonchev–Trinajstić information content (AvgIpc) is 3.89. The number of aryl methyl sites for hydroxylation is 2. The van der Waals surface area contributed by atoms with Crippen molar-refractivity contribution < 1.29 is 0 Å². The molecule has 248 valence electrons. The van der Waals surface area contributed by atoms with Gasteiger partial charge in [-0.3, -0.25) is 0 Å². The monoisotopic (exact) mass is 692 g/mol. The first kappa shape index (κ1) is 29.2. The lowest BCUT2D eigenvalue weighted by atomic mass is 9.89. The molecule has 0 amide bonds. The van der Waals surface area contributed by atoms with Gasteiger partial charge in [-0.05, 0) is 63.9 Å². The smallest absolute Gasteiger partial charge is 0.0679 e. The Kier molecular flexibility index (Phi) is 6.08. The molecule has 0 aliphatic carbocycles. The van der Waals surface area contributed by atoms with Gasteiger partial charge in [0, 0.05) is 65.5 Å². The van der Waals surface area contributed by atoms with Gasteiger partial charge in [0.15, 0.2) is 0 Å². The largest absolute Gasteiger partial charge is 0.339 e. The Hall–Kier alpha value is -6.42. The molecule has 2 nitrogen and oxygen atoms in total. The highest BCUT2D eigenvalue weighted by atomic mass is 32.1. The Morgan fingerprint density at radius 1 is 0.377 bits per heavy atom. The molecule has 0 unspecified atom stereocenters. The lowest BCUT2D eigenvalue weighted by Gasteiger charge is -2.15. The molecule has 12 rings (SSSR count). The van der Waals surface area contributed by atoms with E-state index >= 15 is 0 Å². The second kappa shape index (κ2) is 11.0. The third-order valence-corrected chi connectivity index (χ3v) is 12.8. The first-order valence-electron chi connectivity index (χ1n) is 18.5. The van der Waals surface area contributed by atoms with Crippen molar-refractivity contribution in [3.05, 3.63) is 175 Å². The highest BCUT2D eigenvalue weighted by molar-refractivity contribution is 7.27. The van der Waals surface area contributed by atoms with Crippen LogP contribution in [-0.2, 0) is 13.0 Å². The summed E-state index contributed by atoms with van der Waals surface area (Å²) in [7, 11) is 0. The van der Waals surface area contributed by atoms with E-state index in [1.54, 1.807) is 0 Å². The van der Waals surface area contributed by atoms with Crippen LogP contribution in [-0.4, -0.2) is 9.13 Å². The van der Waals surface area contributed by atoms with Crippen molar-refractivity contribution in [2.24, 2.45) is 0 Å². The zero-order valence-corrected chi connectivity index (χ0v) is 29.7. The number of aromatic nitrogens is 2. The number of hydrogen-bond donors (Lipinski definition) is 0. The molecule has 0 aliphatic rings. The first-order chi connectivity index (χ1) is 26.3. The lowest BCUT2D eigenvalue weighted by molar-refractivity contribution is 0.748. The maximum absolute atomic E-state index is 2.65. The van der Waals surface area contributed by atoms with Gasteiger partial charge in [0.25, 0.3) is 0 Å². The molecule has 53 heavy (non-hydrogen) atoms. The molecule has 3 heterocycles. The van der Waals surface area contributed by atoms with E-state index in [1.165, 1.54) is 107 Å². The number of nitrogens with zero attached hydrogens (tertiary/aromatic N) is 2. The zero-order valence-electron chi connectivity index (χ0n) is 28.9. The fraction of sp³-hybridized carbons (Fsp3) is 0.0400. The van der Waals surface area contributed by atoms with Crippen LogP contribution >= 0.6 is 11.3 Å². The zero-order chi connectivity index (χ0) is 34.6. The third-order valence-electron chi connectivity index (χ3n) is 11.6. The van der Waals surface area contributed by atoms with Crippen molar-refractivity contribution >= 4 is 107 Å². The molecule has 0 atom stereocenters. The number of thiophene rings is 1. The van der Waals surface area contributed by atoms with Crippen molar-refractivity contribution in [2.45, 2.75) is 13.0 Å². The van der Waals surface area contributed by atoms with Crippen molar-refractivity contribution in [1.82, 2.24) is 9.13 Å². The molecule has 12 aromatic rings. The second-order valence-corrected chi connectivity index (χ2v) is 15.3. The van der Waals surface area contributed by atoms with Gasteiger partial charge in [-0.1, -0.05) is 140 Å². The van der Waals surface area contributed by atoms with E-state index in [9.17, 15) is 0 Å². The van der Waals surface area contributed by atoms with E-state index in [4.69, 9.17) is 0 Å². The molecular weight excluding hydrogens is 661 g/mol. The SMILES string of the molecule is c1ccc(-n2c3ccccc3c3cccc(CCn4c5ccccc5c5c6c7ccccc7c7ccccc7c6c6c7ccccc7sc6c54)c32)cc1. The second-order valence-electron chi connectivity index (χ2n) is 14.3. The Labute approximate surface area is 309 Å². The number of rotatable bonds is 4. The predicted molar refractivity (Wildman–Crippen MR) is 229 cm³/mol. The normalized spacial score (nSPS) is 12.3. The van der Waals surface area contributed by atoms with E-state index in [1.807, 2.05) is 11.3 Å². The molecule has 3 heteroatoms. The minimum atomic E-state index is 0.861. The Balaban J connectivity index is 1.21. The summed E-state index contributed by atoms with van der Waals surface area (Å²) < 4.78 is 7.84. The lowest BCUT2D eigenvalue weighted by Crippen LogP contribution is -2.04. The third kappa shape index (κ3) is 3.97. The average molecular weight is 693 g/mol. The van der Waals surface area contributed by atoms with Crippen LogP contribution < -0.4 is 0 Å². The fourth-order valence-corrected chi connectivity index (χ4v) is 10.8. The van der Waals surface area contributed by atoms with Gasteiger partial charge in [0.05, 0.1) is 21.3 Å². The molecular formula is C50H32N2S. The molecule has 0 saturated carbocycles. The quantitative estimate of drug-likeness (QED) is 0.163. The number of para-hydroxylation sites is 4. The summed E-state index contributed by atoms with van der Waals surface area (Å²) in [5.41, 5.74) is 7.75. The number of hydrogen-bond acceptors (Lipinski definition) is 1. The summed E-state index contributed by atoms with van der Waals surface area (Å²) in [6.07, 6.45) is 0.900. The maximum Gasteiger partial charge on any atom is 0.0679 e. The summed E-state index contributed by atoms with van der Waals surface area (Å²) in [6, 6.07) is 62.8. The summed E-state index contributed by atoms with van der Waals surface area (Å²) in [5.74, 6) is 0. The molecule has 0 bridgehead atoms. The van der Waals surface area contributed by atoms with Crippen molar-refractivity contribution in [3.8, 4) is 5.69 Å². The Morgan fingerprint density at radius 3 is 1.70 bits per heavy atom. The highest BCUT2D eigenvalue weighted by Gasteiger charge is 2.24. The van der Waals surface area contributed by atoms with Gasteiger partial charge >= 0.3 is 0 Å². The molecule has 0 fully saturated rings. The van der Waals surface area contributed by atoms with Crippen molar-refractivity contribution in [2.75, 3.05) is 0 Å². The van der Waals surface area contributed by atoms with Crippen molar-refractivity contribution in [3.63, 3.8) is 0 Å². The summed E-state index contributed by atoms with van der Waals surface area (Å²) in [4.78, 5) is 0. The van der Waals surface area contributed by atoms with Crippen LogP contribution in [0.15, 0.2) is 170 Å². The Morgan fingerprint density at radius 2 is 0.943 bits per heavy atom. The first-order valence-corrected chi connectivity index (χ1v) is 19.3. The van der Waals surface area contributed by atoms with Gasteiger partial charge in [-0.2, -0.15) is 0 Å². The molecule has 0 N–H and O–H groups in total. The number of benzene rings is 9. The van der Waals surface area contributed by atoms with E-state index < -0.39 is 0 Å². The molecule has 0 radical (unpaired) electrons. The van der Waals surface area contributed by atoms with Crippen LogP contribution in [0.1, 0.15) is 5.56 Å². The Bertz CT molecular complexity index is 3450. The minimum absolute atomic E-state index is 0.861. The van der Waals surface area contributed by atoms with Crippen molar-refractivity contribution in [1.29, 1.82) is 0 Å². The van der Waals surface area contributed by atoms with Crippen LogP contribution in [0, 0.1) is 0 Å². The van der Waals surface area contributed by atoms with Gasteiger partial charge in [-0.25, -0.2) is 0 Å². The topological polar surface area (TPSA) is 9.86 Å². The van der Waals surface area contributed by atoms with Gasteiger partial charge in [0.2, 0.25) is 0 Å². The standard InChI is InChI=1S/C50H32N2S/c1-2-16-32(17-3-1)52-42-27-12-8-20-35(42)38-25-14-15-31(48(38)52)29-30-51-41-26-11-9-23-39(41)46-44-36-21-6-4-18-33(36)34-19-5-7-22-37(34)45(44)47-40-24-10-13-28-43(40)53-50(47)49(46)51/h1-28H,29-30H2. The molecule has 0 saturated heterocycles. The fourth-order valence-electron chi connectivity index (χ4n) is 9.51. The van der Waals surface area contributed by atoms with Crippen LogP contribution in [0.25, 0.3) is 102 Å². The van der Waals surface area contributed by atoms with Gasteiger partial charge in [-0.15, -0.1) is 11.3 Å². The van der Waals surface area contributed by atoms with Crippen LogP contribution in [0.3, 0.4) is 0 Å². The van der Waals surface area contributed by atoms with Gasteiger partial charge in [0.1, 0.15) is 0 Å².